The molecule has 0 amide bonds. The molecule has 0 N–H and O–H groups in total. The summed E-state index contributed by atoms with van der Waals surface area (Å²) in [6.07, 6.45) is 0. The third-order valence-corrected chi connectivity index (χ3v) is 4.48. The number of nitro groups is 4. The Morgan fingerprint density at radius 2 is 0.875 bits per heavy atom. The third-order valence-electron chi connectivity index (χ3n) is 1.94. The highest BCUT2D eigenvalue weighted by molar-refractivity contribution is 9.10. The van der Waals surface area contributed by atoms with E-state index in [1.807, 2.05) is 0 Å². The van der Waals surface area contributed by atoms with Crippen LogP contribution in [0.15, 0.2) is 18.3 Å². The second-order valence-electron chi connectivity index (χ2n) is 3.22. The fourth-order valence-electron chi connectivity index (χ4n) is 0.823. The minimum absolute atomic E-state index is 1.24. The average Bonchev–Trinajstić information content (AvgIpc) is 2.49. The fraction of sp³-hybridized carbons (Fsp3) is 0.500. The van der Waals surface area contributed by atoms with Crippen molar-refractivity contribution in [3.63, 3.8) is 0 Å². The van der Waals surface area contributed by atoms with Crippen LogP contribution in [0.3, 0.4) is 0 Å². The lowest BCUT2D eigenvalue weighted by atomic mass is 10.5. The molecule has 0 fully saturated rings. The van der Waals surface area contributed by atoms with Crippen molar-refractivity contribution in [1.82, 2.24) is 0 Å². The zero-order valence-corrected chi connectivity index (χ0v) is 16.7. The number of amidine groups is 2. The summed E-state index contributed by atoms with van der Waals surface area (Å²) in [5.41, 5.74) is 0. The predicted octanol–water partition coefficient (Wildman–Crippen LogP) is 2.06. The standard InChI is InChI=1S/C4Br4N8O8/c5-3(13(17)18,14(19)20)1(9-7)11-12-2(10-8)4(6,15(21)22)16(23)24/b9-1+,10-2+,12-11-. The molecule has 0 aliphatic rings. The maximum atomic E-state index is 10.8. The van der Waals surface area contributed by atoms with E-state index in [1.165, 1.54) is 0 Å². The number of azo groups is 1. The Bertz CT molecular complexity index is 591. The fourth-order valence-corrected chi connectivity index (χ4v) is 2.27. The van der Waals surface area contributed by atoms with Crippen molar-refractivity contribution in [2.24, 2.45) is 18.3 Å². The van der Waals surface area contributed by atoms with Crippen molar-refractivity contribution in [3.8, 4) is 0 Å². The molecule has 20 heteroatoms. The van der Waals surface area contributed by atoms with E-state index < -0.39 is 40.5 Å². The van der Waals surface area contributed by atoms with Gasteiger partial charge in [-0.05, 0) is 0 Å². The van der Waals surface area contributed by atoms with Crippen molar-refractivity contribution in [2.75, 3.05) is 0 Å². The summed E-state index contributed by atoms with van der Waals surface area (Å²) in [4.78, 5) is 37.6. The van der Waals surface area contributed by atoms with Gasteiger partial charge in [-0.15, -0.1) is 10.2 Å². The second kappa shape index (κ2) is 8.53. The van der Waals surface area contributed by atoms with Crippen LogP contribution in [-0.2, 0) is 0 Å². The summed E-state index contributed by atoms with van der Waals surface area (Å²) in [6.45, 7) is 0. The molecular formula is C4Br4N8O8. The summed E-state index contributed by atoms with van der Waals surface area (Å²) in [7, 11) is 0. The van der Waals surface area contributed by atoms with Gasteiger partial charge in [0.25, 0.3) is 0 Å². The quantitative estimate of drug-likeness (QED) is 0.0633. The summed E-state index contributed by atoms with van der Waals surface area (Å²) < 4.78 is -0.549. The van der Waals surface area contributed by atoms with Crippen LogP contribution in [0.2, 0.25) is 0 Å². The van der Waals surface area contributed by atoms with E-state index in [2.05, 4.69) is 82.4 Å². The lowest BCUT2D eigenvalue weighted by Crippen LogP contribution is -2.48. The highest BCUT2D eigenvalue weighted by Crippen LogP contribution is 2.27. The van der Waals surface area contributed by atoms with Crippen molar-refractivity contribution < 1.29 is 19.7 Å². The Morgan fingerprint density at radius 3 is 1.00 bits per heavy atom. The van der Waals surface area contributed by atoms with Crippen LogP contribution in [0.1, 0.15) is 0 Å². The smallest absolute Gasteiger partial charge is 0.257 e. The van der Waals surface area contributed by atoms with Gasteiger partial charge >= 0.3 is 20.8 Å². The Hall–Kier alpha value is -1.54. The Balaban J connectivity index is 6.11. The number of nitrogens with zero attached hydrogens (tertiary/aromatic N) is 8. The highest BCUT2D eigenvalue weighted by Gasteiger charge is 2.63. The van der Waals surface area contributed by atoms with E-state index in [0.717, 1.165) is 0 Å². The van der Waals surface area contributed by atoms with Gasteiger partial charge in [-0.2, -0.15) is 8.04 Å². The number of halogens is 4. The maximum Gasteiger partial charge on any atom is 0.572 e. The van der Waals surface area contributed by atoms with Gasteiger partial charge in [-0.3, -0.25) is 40.5 Å². The van der Waals surface area contributed by atoms with Gasteiger partial charge in [0.15, 0.2) is 0 Å². The molecule has 0 rings (SSSR count). The molecule has 24 heavy (non-hydrogen) atoms. The first kappa shape index (κ1) is 22.5. The molecule has 0 unspecified atom stereocenters. The summed E-state index contributed by atoms with van der Waals surface area (Å²) in [5, 5.41) is 49.3. The molecular weight excluding hydrogens is 608 g/mol. The van der Waals surface area contributed by atoms with E-state index in [1.54, 1.807) is 0 Å². The lowest BCUT2D eigenvalue weighted by Gasteiger charge is -2.09. The van der Waals surface area contributed by atoms with Crippen LogP contribution in [0.25, 0.3) is 0 Å². The topological polar surface area (TPSA) is 222 Å². The maximum absolute atomic E-state index is 10.8. The highest BCUT2D eigenvalue weighted by atomic mass is 79.9. The van der Waals surface area contributed by atoms with Crippen LogP contribution in [-0.4, -0.2) is 40.5 Å². The third kappa shape index (κ3) is 4.10. The van der Waals surface area contributed by atoms with Gasteiger partial charge in [0.2, 0.25) is 0 Å². The Morgan fingerprint density at radius 1 is 0.667 bits per heavy atom. The van der Waals surface area contributed by atoms with Crippen LogP contribution >= 0.6 is 64.2 Å². The van der Waals surface area contributed by atoms with Crippen molar-refractivity contribution in [3.05, 3.63) is 40.5 Å². The van der Waals surface area contributed by atoms with Gasteiger partial charge in [-0.25, -0.2) is 0 Å². The second-order valence-corrected chi connectivity index (χ2v) is 6.14. The number of alkyl halides is 2. The average molecular weight is 608 g/mol. The first-order chi connectivity index (χ1) is 10.9. The zero-order chi connectivity index (χ0) is 19.3. The van der Waals surface area contributed by atoms with Crippen molar-refractivity contribution in [1.29, 1.82) is 0 Å². The monoisotopic (exact) mass is 604 g/mol. The molecule has 0 bridgehead atoms. The van der Waals surface area contributed by atoms with Gasteiger partial charge in [0.05, 0.1) is 32.3 Å². The van der Waals surface area contributed by atoms with Gasteiger partial charge in [-0.1, -0.05) is 0 Å². The van der Waals surface area contributed by atoms with Gasteiger partial charge in [0.1, 0.15) is 51.6 Å². The predicted molar refractivity (Wildman–Crippen MR) is 88.9 cm³/mol. The molecule has 0 saturated heterocycles. The van der Waals surface area contributed by atoms with Crippen LogP contribution in [0.4, 0.5) is 0 Å². The lowest BCUT2D eigenvalue weighted by molar-refractivity contribution is -0.735. The molecule has 0 aliphatic heterocycles. The number of hydrogen-bond acceptors (Lipinski definition) is 10. The van der Waals surface area contributed by atoms with Crippen molar-refractivity contribution >= 4 is 75.8 Å². The van der Waals surface area contributed by atoms with E-state index >= 15 is 0 Å². The summed E-state index contributed by atoms with van der Waals surface area (Å²) in [5.74, 6) is -2.49. The molecule has 0 saturated carbocycles. The first-order valence-corrected chi connectivity index (χ1v) is 7.67. The molecule has 0 heterocycles. The van der Waals surface area contributed by atoms with Crippen LogP contribution < -0.4 is 0 Å². The molecule has 0 aliphatic carbocycles. The molecule has 0 spiro atoms. The van der Waals surface area contributed by atoms with Crippen LogP contribution in [0, 0.1) is 40.5 Å². The largest absolute Gasteiger partial charge is 0.572 e. The molecule has 0 radical (unpaired) electrons. The van der Waals surface area contributed by atoms with Gasteiger partial charge in [0, 0.05) is 0 Å². The first-order valence-electron chi connectivity index (χ1n) is 4.67. The molecule has 0 aromatic carbocycles. The Labute approximate surface area is 163 Å². The normalized spacial score (nSPS) is 13.8. The summed E-state index contributed by atoms with van der Waals surface area (Å²) in [6, 6.07) is 0. The van der Waals surface area contributed by atoms with E-state index in [0.29, 0.717) is 0 Å². The Kier molecular flexibility index (Phi) is 7.98. The number of rotatable bonds is 6. The van der Waals surface area contributed by atoms with E-state index in [-0.39, 0.29) is 0 Å². The minimum atomic E-state index is -3.27. The number of hydrogen-bond donors (Lipinski definition) is 0. The molecule has 132 valence electrons. The molecule has 16 nitrogen and oxygen atoms in total. The molecule has 0 aromatic heterocycles. The minimum Gasteiger partial charge on any atom is -0.257 e. The SMILES string of the molecule is O=[N+]([O-])C(Br)(C(/N=N\C(=N\Br)C(Br)([N+](=O)[O-])[N+](=O)[O-])=N\Br)[N+](=O)[O-]. The molecule has 0 aromatic rings. The van der Waals surface area contributed by atoms with E-state index in [4.69, 9.17) is 0 Å². The van der Waals surface area contributed by atoms with Gasteiger partial charge < -0.3 is 0 Å². The zero-order valence-electron chi connectivity index (χ0n) is 10.4. The van der Waals surface area contributed by atoms with E-state index in [9.17, 15) is 40.5 Å². The summed E-state index contributed by atoms with van der Waals surface area (Å²) >= 11 is 9.02. The molecule has 0 atom stereocenters. The van der Waals surface area contributed by atoms with Crippen molar-refractivity contribution in [2.45, 2.75) is 9.14 Å². The van der Waals surface area contributed by atoms with Crippen LogP contribution in [0.5, 0.6) is 0 Å².